The Hall–Kier alpha value is -3.07. The van der Waals surface area contributed by atoms with Gasteiger partial charge in [0.15, 0.2) is 11.5 Å². The van der Waals surface area contributed by atoms with Gasteiger partial charge >= 0.3 is 0 Å². The van der Waals surface area contributed by atoms with E-state index in [0.717, 1.165) is 13.1 Å². The minimum absolute atomic E-state index is 0.0686. The molecule has 5 rings (SSSR count). The Labute approximate surface area is 202 Å². The molecule has 2 aromatic carbocycles. The summed E-state index contributed by atoms with van der Waals surface area (Å²) in [4.78, 5) is 29.1. The zero-order valence-electron chi connectivity index (χ0n) is 18.6. The standard InChI is InChI=1S/C25H25ClN2O6/c26-18-3-1-2-16(14-18)22-21(23(29)17-4-5-19-20(15-17)34-13-12-33-19)24(30)25(31)28(22)7-6-27-8-10-32-11-9-27/h1-5,14-15,22,29H,6-13H2/b23-21+. The summed E-state index contributed by atoms with van der Waals surface area (Å²) in [6.45, 7) is 4.82. The Morgan fingerprint density at radius 1 is 1.03 bits per heavy atom. The first-order chi connectivity index (χ1) is 16.5. The zero-order chi connectivity index (χ0) is 23.7. The Morgan fingerprint density at radius 3 is 2.56 bits per heavy atom. The Bertz CT molecular complexity index is 1140. The van der Waals surface area contributed by atoms with Gasteiger partial charge in [0.1, 0.15) is 26.3 Å². The smallest absolute Gasteiger partial charge is 0.295 e. The van der Waals surface area contributed by atoms with Crippen LogP contribution in [0, 0.1) is 0 Å². The average molecular weight is 485 g/mol. The number of ketones is 1. The monoisotopic (exact) mass is 484 g/mol. The zero-order valence-corrected chi connectivity index (χ0v) is 19.3. The van der Waals surface area contributed by atoms with E-state index in [2.05, 4.69) is 0 Å². The summed E-state index contributed by atoms with van der Waals surface area (Å²) in [7, 11) is 0. The largest absolute Gasteiger partial charge is 0.872 e. The SMILES string of the molecule is O=C1C(=O)N(CC[NH+]2CCOCC2)C(c2cccc(Cl)c2)/C1=C(\[O-])c1ccc2c(c1)OCCO2. The molecule has 0 aromatic heterocycles. The molecule has 0 aliphatic carbocycles. The number of carbonyl (C=O) groups is 2. The van der Waals surface area contributed by atoms with E-state index in [4.69, 9.17) is 25.8 Å². The summed E-state index contributed by atoms with van der Waals surface area (Å²) in [5, 5.41) is 14.1. The van der Waals surface area contributed by atoms with E-state index >= 15 is 0 Å². The van der Waals surface area contributed by atoms with Gasteiger partial charge in [0, 0.05) is 10.6 Å². The molecule has 0 saturated carbocycles. The van der Waals surface area contributed by atoms with Crippen LogP contribution in [0.4, 0.5) is 0 Å². The number of nitrogens with zero attached hydrogens (tertiary/aromatic N) is 1. The van der Waals surface area contributed by atoms with E-state index in [9.17, 15) is 14.7 Å². The number of rotatable bonds is 5. The number of halogens is 1. The lowest BCUT2D eigenvalue weighted by Gasteiger charge is -2.30. The first-order valence-electron chi connectivity index (χ1n) is 11.4. The second-order valence-corrected chi connectivity index (χ2v) is 8.94. The number of hydrogen-bond acceptors (Lipinski definition) is 6. The van der Waals surface area contributed by atoms with Gasteiger partial charge in [-0.05, 0) is 35.4 Å². The molecule has 178 valence electrons. The second kappa shape index (κ2) is 9.66. The molecule has 8 nitrogen and oxygen atoms in total. The number of Topliss-reactive ketones (excluding diaryl/α,β-unsaturated/α-hetero) is 1. The molecule has 2 aromatic rings. The third-order valence-corrected chi connectivity index (χ3v) is 6.64. The van der Waals surface area contributed by atoms with Crippen LogP contribution < -0.4 is 19.5 Å². The van der Waals surface area contributed by atoms with Crippen molar-refractivity contribution in [2.24, 2.45) is 0 Å². The van der Waals surface area contributed by atoms with Gasteiger partial charge < -0.3 is 29.1 Å². The molecule has 3 heterocycles. The van der Waals surface area contributed by atoms with Crippen LogP contribution in [0.1, 0.15) is 17.2 Å². The third-order valence-electron chi connectivity index (χ3n) is 6.40. The molecule has 0 bridgehead atoms. The molecule has 34 heavy (non-hydrogen) atoms. The molecule has 3 aliphatic rings. The second-order valence-electron chi connectivity index (χ2n) is 8.50. The van der Waals surface area contributed by atoms with Crippen molar-refractivity contribution >= 4 is 29.1 Å². The van der Waals surface area contributed by atoms with Crippen LogP contribution in [0.25, 0.3) is 5.76 Å². The lowest BCUT2D eigenvalue weighted by molar-refractivity contribution is -0.907. The molecule has 3 aliphatic heterocycles. The molecular formula is C25H25ClN2O6. The topological polar surface area (TPSA) is 92.6 Å². The molecule has 1 N–H and O–H groups in total. The van der Waals surface area contributed by atoms with Gasteiger partial charge in [-0.2, -0.15) is 0 Å². The van der Waals surface area contributed by atoms with Crippen molar-refractivity contribution in [3.63, 3.8) is 0 Å². The maximum atomic E-state index is 13.6. The quantitative estimate of drug-likeness (QED) is 0.371. The molecule has 1 atom stereocenters. The predicted octanol–water partition coefficient (Wildman–Crippen LogP) is 0.250. The van der Waals surface area contributed by atoms with E-state index in [-0.39, 0.29) is 11.1 Å². The fourth-order valence-corrected chi connectivity index (χ4v) is 4.85. The number of hydrogen-bond donors (Lipinski definition) is 1. The molecule has 2 saturated heterocycles. The Morgan fingerprint density at radius 2 is 1.79 bits per heavy atom. The minimum atomic E-state index is -0.806. The number of likely N-dealkylation sites (tertiary alicyclic amines) is 1. The van der Waals surface area contributed by atoms with Crippen LogP contribution in [-0.2, 0) is 14.3 Å². The Kier molecular flexibility index (Phi) is 6.45. The van der Waals surface area contributed by atoms with Gasteiger partial charge in [0.25, 0.3) is 5.91 Å². The highest BCUT2D eigenvalue weighted by molar-refractivity contribution is 6.46. The summed E-state index contributed by atoms with van der Waals surface area (Å²) in [6, 6.07) is 11.0. The molecule has 2 fully saturated rings. The molecule has 0 spiro atoms. The van der Waals surface area contributed by atoms with Crippen LogP contribution in [0.5, 0.6) is 11.5 Å². The van der Waals surface area contributed by atoms with Crippen molar-refractivity contribution < 1.29 is 33.8 Å². The summed E-state index contributed by atoms with van der Waals surface area (Å²) < 4.78 is 16.5. The van der Waals surface area contributed by atoms with Crippen LogP contribution in [-0.4, -0.2) is 69.2 Å². The summed E-state index contributed by atoms with van der Waals surface area (Å²) in [5.41, 5.74) is 0.832. The van der Waals surface area contributed by atoms with Crippen LogP contribution in [0.3, 0.4) is 0 Å². The lowest BCUT2D eigenvalue weighted by Crippen LogP contribution is -3.14. The minimum Gasteiger partial charge on any atom is -0.872 e. The number of carbonyl (C=O) groups excluding carboxylic acids is 2. The van der Waals surface area contributed by atoms with Gasteiger partial charge in [-0.1, -0.05) is 35.6 Å². The fourth-order valence-electron chi connectivity index (χ4n) is 4.65. The lowest BCUT2D eigenvalue weighted by atomic mass is 9.95. The summed E-state index contributed by atoms with van der Waals surface area (Å²) in [6.07, 6.45) is 0. The highest BCUT2D eigenvalue weighted by Crippen LogP contribution is 2.40. The third kappa shape index (κ3) is 4.36. The first kappa shape index (κ1) is 22.7. The number of amides is 1. The molecular weight excluding hydrogens is 460 g/mol. The van der Waals surface area contributed by atoms with Crippen molar-refractivity contribution in [2.75, 3.05) is 52.6 Å². The fraction of sp³-hybridized carbons (Fsp3) is 0.360. The maximum absolute atomic E-state index is 13.6. The number of quaternary nitrogens is 1. The van der Waals surface area contributed by atoms with Gasteiger partial charge in [0.2, 0.25) is 5.78 Å². The number of fused-ring (bicyclic) bond motifs is 1. The van der Waals surface area contributed by atoms with Gasteiger partial charge in [-0.3, -0.25) is 9.59 Å². The number of benzene rings is 2. The predicted molar refractivity (Wildman–Crippen MR) is 122 cm³/mol. The summed E-state index contributed by atoms with van der Waals surface area (Å²) >= 11 is 6.24. The van der Waals surface area contributed by atoms with Gasteiger partial charge in [-0.25, -0.2) is 0 Å². The molecule has 1 unspecified atom stereocenters. The number of morpholine rings is 1. The summed E-state index contributed by atoms with van der Waals surface area (Å²) in [5.74, 6) is -0.952. The molecule has 0 radical (unpaired) electrons. The van der Waals surface area contributed by atoms with Gasteiger partial charge in [-0.15, -0.1) is 0 Å². The maximum Gasteiger partial charge on any atom is 0.295 e. The van der Waals surface area contributed by atoms with E-state index in [1.165, 1.54) is 9.80 Å². The van der Waals surface area contributed by atoms with Crippen molar-refractivity contribution in [3.05, 3.63) is 64.2 Å². The van der Waals surface area contributed by atoms with E-state index in [0.29, 0.717) is 61.6 Å². The number of nitrogens with one attached hydrogen (secondary N) is 1. The first-order valence-corrected chi connectivity index (χ1v) is 11.7. The normalized spacial score (nSPS) is 22.3. The van der Waals surface area contributed by atoms with Crippen LogP contribution in [0.2, 0.25) is 5.02 Å². The van der Waals surface area contributed by atoms with Crippen LogP contribution in [0.15, 0.2) is 48.0 Å². The van der Waals surface area contributed by atoms with Crippen molar-refractivity contribution in [2.45, 2.75) is 6.04 Å². The van der Waals surface area contributed by atoms with Gasteiger partial charge in [0.05, 0.1) is 32.3 Å². The van der Waals surface area contributed by atoms with Crippen molar-refractivity contribution in [3.8, 4) is 11.5 Å². The molecule has 1 amide bonds. The highest BCUT2D eigenvalue weighted by atomic mass is 35.5. The van der Waals surface area contributed by atoms with Crippen molar-refractivity contribution in [1.82, 2.24) is 4.90 Å². The molecule has 9 heteroatoms. The van der Waals surface area contributed by atoms with E-state index in [1.807, 2.05) is 0 Å². The van der Waals surface area contributed by atoms with E-state index in [1.54, 1.807) is 42.5 Å². The van der Waals surface area contributed by atoms with Crippen molar-refractivity contribution in [1.29, 1.82) is 0 Å². The average Bonchev–Trinajstić information content (AvgIpc) is 3.12. The van der Waals surface area contributed by atoms with E-state index < -0.39 is 23.5 Å². The Balaban J connectivity index is 1.54. The highest BCUT2D eigenvalue weighted by Gasteiger charge is 2.44. The number of ether oxygens (including phenoxy) is 3. The van der Waals surface area contributed by atoms with Crippen LogP contribution >= 0.6 is 11.6 Å².